The first kappa shape index (κ1) is 18.9. The number of benzene rings is 2. The van der Waals surface area contributed by atoms with E-state index >= 15 is 0 Å². The quantitative estimate of drug-likeness (QED) is 0.670. The SMILES string of the molecule is Cc1nn(-c2cccc(NC(=O)[C@@H]3C[C@H]3c3ccccc3)c2)c(C)c1CC(=O)O. The molecule has 0 bridgehead atoms. The van der Waals surface area contributed by atoms with E-state index in [1.54, 1.807) is 4.68 Å². The van der Waals surface area contributed by atoms with Gasteiger partial charge in [0.25, 0.3) is 0 Å². The van der Waals surface area contributed by atoms with Gasteiger partial charge in [-0.15, -0.1) is 0 Å². The maximum atomic E-state index is 12.7. The monoisotopic (exact) mass is 389 g/mol. The average Bonchev–Trinajstić information content (AvgIpc) is 3.46. The molecule has 1 fully saturated rings. The summed E-state index contributed by atoms with van der Waals surface area (Å²) in [7, 11) is 0. The Morgan fingerprint density at radius 3 is 2.62 bits per heavy atom. The molecule has 0 unspecified atom stereocenters. The van der Waals surface area contributed by atoms with Crippen LogP contribution in [0.5, 0.6) is 0 Å². The number of nitrogens with one attached hydrogen (secondary N) is 1. The zero-order chi connectivity index (χ0) is 20.5. The first-order valence-electron chi connectivity index (χ1n) is 9.67. The number of nitrogens with zero attached hydrogens (tertiary/aromatic N) is 2. The predicted molar refractivity (Wildman–Crippen MR) is 110 cm³/mol. The minimum atomic E-state index is -0.880. The largest absolute Gasteiger partial charge is 0.481 e. The number of carboxylic acid groups (broad SMARTS) is 1. The van der Waals surface area contributed by atoms with E-state index < -0.39 is 5.97 Å². The molecule has 6 heteroatoms. The Labute approximate surface area is 169 Å². The van der Waals surface area contributed by atoms with E-state index in [1.165, 1.54) is 5.56 Å². The number of hydrogen-bond donors (Lipinski definition) is 2. The van der Waals surface area contributed by atoms with Gasteiger partial charge < -0.3 is 10.4 Å². The van der Waals surface area contributed by atoms with Crippen LogP contribution in [-0.4, -0.2) is 26.8 Å². The predicted octanol–water partition coefficient (Wildman–Crippen LogP) is 3.86. The molecule has 29 heavy (non-hydrogen) atoms. The topological polar surface area (TPSA) is 84.2 Å². The van der Waals surface area contributed by atoms with Crippen LogP contribution in [0, 0.1) is 19.8 Å². The van der Waals surface area contributed by atoms with Gasteiger partial charge in [0.2, 0.25) is 5.91 Å². The number of aryl methyl sites for hydroxylation is 1. The average molecular weight is 389 g/mol. The Morgan fingerprint density at radius 2 is 1.90 bits per heavy atom. The Bertz CT molecular complexity index is 1070. The third-order valence-electron chi connectivity index (χ3n) is 5.48. The summed E-state index contributed by atoms with van der Waals surface area (Å²) in [4.78, 5) is 23.8. The number of carboxylic acids is 1. The number of anilines is 1. The van der Waals surface area contributed by atoms with Crippen molar-refractivity contribution in [1.29, 1.82) is 0 Å². The number of aliphatic carboxylic acids is 1. The first-order chi connectivity index (χ1) is 13.9. The van der Waals surface area contributed by atoms with Crippen LogP contribution in [0.25, 0.3) is 5.69 Å². The zero-order valence-corrected chi connectivity index (χ0v) is 16.4. The first-order valence-corrected chi connectivity index (χ1v) is 9.67. The van der Waals surface area contributed by atoms with E-state index in [2.05, 4.69) is 22.5 Å². The van der Waals surface area contributed by atoms with Crippen LogP contribution in [0.4, 0.5) is 5.69 Å². The summed E-state index contributed by atoms with van der Waals surface area (Å²) in [5, 5.41) is 16.6. The lowest BCUT2D eigenvalue weighted by molar-refractivity contribution is -0.136. The molecule has 2 aromatic carbocycles. The fourth-order valence-corrected chi connectivity index (χ4v) is 3.84. The van der Waals surface area contributed by atoms with E-state index in [1.807, 2.05) is 56.3 Å². The normalized spacial score (nSPS) is 17.7. The van der Waals surface area contributed by atoms with Crippen LogP contribution in [0.15, 0.2) is 54.6 Å². The molecule has 6 nitrogen and oxygen atoms in total. The van der Waals surface area contributed by atoms with Gasteiger partial charge in [0.15, 0.2) is 0 Å². The van der Waals surface area contributed by atoms with Gasteiger partial charge in [-0.05, 0) is 49.9 Å². The molecule has 0 aliphatic heterocycles. The van der Waals surface area contributed by atoms with E-state index in [4.69, 9.17) is 5.11 Å². The Morgan fingerprint density at radius 1 is 1.14 bits per heavy atom. The van der Waals surface area contributed by atoms with Gasteiger partial charge >= 0.3 is 5.97 Å². The van der Waals surface area contributed by atoms with Crippen LogP contribution in [0.2, 0.25) is 0 Å². The van der Waals surface area contributed by atoms with Crippen LogP contribution in [-0.2, 0) is 16.0 Å². The van der Waals surface area contributed by atoms with Crippen molar-refractivity contribution in [3.8, 4) is 5.69 Å². The second kappa shape index (κ2) is 7.54. The second-order valence-corrected chi connectivity index (χ2v) is 7.53. The lowest BCUT2D eigenvalue weighted by Crippen LogP contribution is -2.15. The van der Waals surface area contributed by atoms with E-state index in [-0.39, 0.29) is 24.2 Å². The highest BCUT2D eigenvalue weighted by Crippen LogP contribution is 2.47. The van der Waals surface area contributed by atoms with Gasteiger partial charge in [-0.25, -0.2) is 4.68 Å². The Hall–Kier alpha value is -3.41. The third kappa shape index (κ3) is 3.92. The lowest BCUT2D eigenvalue weighted by Gasteiger charge is -2.09. The van der Waals surface area contributed by atoms with E-state index in [0.29, 0.717) is 11.4 Å². The maximum absolute atomic E-state index is 12.7. The number of carbonyl (C=O) groups excluding carboxylic acids is 1. The van der Waals surface area contributed by atoms with Crippen LogP contribution >= 0.6 is 0 Å². The summed E-state index contributed by atoms with van der Waals surface area (Å²) in [6.45, 7) is 3.67. The summed E-state index contributed by atoms with van der Waals surface area (Å²) >= 11 is 0. The Balaban J connectivity index is 1.50. The lowest BCUT2D eigenvalue weighted by atomic mass is 10.1. The second-order valence-electron chi connectivity index (χ2n) is 7.53. The highest BCUT2D eigenvalue weighted by atomic mass is 16.4. The fraction of sp³-hybridized carbons (Fsp3) is 0.261. The summed E-state index contributed by atoms with van der Waals surface area (Å²) in [6, 6.07) is 17.6. The Kier molecular flexibility index (Phi) is 4.92. The van der Waals surface area contributed by atoms with Crippen molar-refractivity contribution in [2.75, 3.05) is 5.32 Å². The molecule has 148 valence electrons. The van der Waals surface area contributed by atoms with E-state index in [9.17, 15) is 9.59 Å². The van der Waals surface area contributed by atoms with Crippen molar-refractivity contribution in [2.24, 2.45) is 5.92 Å². The molecule has 2 N–H and O–H groups in total. The molecule has 4 rings (SSSR count). The highest BCUT2D eigenvalue weighted by molar-refractivity contribution is 5.95. The molecule has 0 radical (unpaired) electrons. The summed E-state index contributed by atoms with van der Waals surface area (Å²) in [5.41, 5.74) is 4.90. The molecule has 3 aromatic rings. The van der Waals surface area contributed by atoms with Crippen molar-refractivity contribution in [3.63, 3.8) is 0 Å². The van der Waals surface area contributed by atoms with Gasteiger partial charge in [-0.1, -0.05) is 36.4 Å². The smallest absolute Gasteiger partial charge is 0.307 e. The number of carbonyl (C=O) groups is 2. The third-order valence-corrected chi connectivity index (χ3v) is 5.48. The highest BCUT2D eigenvalue weighted by Gasteiger charge is 2.43. The van der Waals surface area contributed by atoms with Gasteiger partial charge in [0.1, 0.15) is 0 Å². The van der Waals surface area contributed by atoms with Crippen molar-refractivity contribution in [2.45, 2.75) is 32.6 Å². The minimum absolute atomic E-state index is 0.00286. The summed E-state index contributed by atoms with van der Waals surface area (Å²) in [5.74, 6) is -0.573. The molecule has 1 aliphatic rings. The fourth-order valence-electron chi connectivity index (χ4n) is 3.84. The van der Waals surface area contributed by atoms with Crippen LogP contribution < -0.4 is 5.32 Å². The van der Waals surface area contributed by atoms with Crippen molar-refractivity contribution in [3.05, 3.63) is 77.1 Å². The van der Waals surface area contributed by atoms with E-state index in [0.717, 1.165) is 23.4 Å². The van der Waals surface area contributed by atoms with Gasteiger partial charge in [-0.3, -0.25) is 9.59 Å². The molecule has 0 spiro atoms. The minimum Gasteiger partial charge on any atom is -0.481 e. The van der Waals surface area contributed by atoms with Gasteiger partial charge in [0.05, 0.1) is 17.8 Å². The number of amides is 1. The number of rotatable bonds is 6. The van der Waals surface area contributed by atoms with Gasteiger partial charge in [-0.2, -0.15) is 5.10 Å². The molecule has 1 saturated carbocycles. The molecular weight excluding hydrogens is 366 g/mol. The zero-order valence-electron chi connectivity index (χ0n) is 16.4. The molecule has 1 amide bonds. The van der Waals surface area contributed by atoms with Gasteiger partial charge in [0, 0.05) is 22.9 Å². The standard InChI is InChI=1S/C23H23N3O3/c1-14-19(13-22(27)28)15(2)26(25-14)18-10-6-9-17(11-18)24-23(29)21-12-20(21)16-7-4-3-5-8-16/h3-11,20-21H,12-13H2,1-2H3,(H,24,29)(H,27,28)/t20-,21+/m0/s1. The molecule has 0 saturated heterocycles. The van der Waals surface area contributed by atoms with Crippen molar-refractivity contribution < 1.29 is 14.7 Å². The molecule has 2 atom stereocenters. The van der Waals surface area contributed by atoms with Crippen LogP contribution in [0.1, 0.15) is 34.9 Å². The van der Waals surface area contributed by atoms with Crippen molar-refractivity contribution in [1.82, 2.24) is 9.78 Å². The summed E-state index contributed by atoms with van der Waals surface area (Å²) in [6.07, 6.45) is 0.808. The van der Waals surface area contributed by atoms with Crippen LogP contribution in [0.3, 0.4) is 0 Å². The van der Waals surface area contributed by atoms with Crippen molar-refractivity contribution >= 4 is 17.6 Å². The number of hydrogen-bond acceptors (Lipinski definition) is 3. The molecule has 1 heterocycles. The summed E-state index contributed by atoms with van der Waals surface area (Å²) < 4.78 is 1.73. The number of aromatic nitrogens is 2. The molecule has 1 aromatic heterocycles. The molecule has 1 aliphatic carbocycles. The molecular formula is C23H23N3O3. The maximum Gasteiger partial charge on any atom is 0.307 e.